The molecule has 0 spiro atoms. The lowest BCUT2D eigenvalue weighted by Crippen LogP contribution is -2.15. The Morgan fingerprint density at radius 2 is 1.86 bits per heavy atom. The standard InChI is InChI=1S/C14H14F2N2O2S/c1-9(17)10-3-2-4-12(7-10)18-21(19,20)14-8-11(15)5-6-13(14)16/h2-9,18H,17H2,1H3. The molecule has 0 aromatic heterocycles. The van der Waals surface area contributed by atoms with Crippen molar-refractivity contribution in [1.82, 2.24) is 0 Å². The second-order valence-electron chi connectivity index (χ2n) is 4.59. The summed E-state index contributed by atoms with van der Waals surface area (Å²) in [5, 5.41) is 0. The van der Waals surface area contributed by atoms with Gasteiger partial charge < -0.3 is 5.73 Å². The molecule has 0 radical (unpaired) electrons. The van der Waals surface area contributed by atoms with Gasteiger partial charge >= 0.3 is 0 Å². The molecular weight excluding hydrogens is 298 g/mol. The van der Waals surface area contributed by atoms with Crippen LogP contribution in [0.25, 0.3) is 0 Å². The van der Waals surface area contributed by atoms with Crippen molar-refractivity contribution in [3.63, 3.8) is 0 Å². The highest BCUT2D eigenvalue weighted by atomic mass is 32.2. The zero-order valence-corrected chi connectivity index (χ0v) is 12.0. The SMILES string of the molecule is CC(N)c1cccc(NS(=O)(=O)c2cc(F)ccc2F)c1. The lowest BCUT2D eigenvalue weighted by atomic mass is 10.1. The Labute approximate surface area is 121 Å². The smallest absolute Gasteiger partial charge is 0.264 e. The van der Waals surface area contributed by atoms with Gasteiger partial charge in [-0.2, -0.15) is 0 Å². The van der Waals surface area contributed by atoms with Crippen molar-refractivity contribution in [2.24, 2.45) is 5.73 Å². The molecule has 0 saturated carbocycles. The van der Waals surface area contributed by atoms with Crippen LogP contribution in [-0.4, -0.2) is 8.42 Å². The molecule has 2 aromatic carbocycles. The third-order valence-corrected chi connectivity index (χ3v) is 4.24. The summed E-state index contributed by atoms with van der Waals surface area (Å²) in [6.07, 6.45) is 0. The quantitative estimate of drug-likeness (QED) is 0.912. The second kappa shape index (κ2) is 5.79. The van der Waals surface area contributed by atoms with Crippen LogP contribution in [0.1, 0.15) is 18.5 Å². The van der Waals surface area contributed by atoms with Crippen LogP contribution in [0.15, 0.2) is 47.4 Å². The summed E-state index contributed by atoms with van der Waals surface area (Å²) in [5.41, 5.74) is 6.66. The van der Waals surface area contributed by atoms with Crippen LogP contribution in [0.3, 0.4) is 0 Å². The Hall–Kier alpha value is -1.99. The van der Waals surface area contributed by atoms with Gasteiger partial charge in [0.15, 0.2) is 0 Å². The predicted molar refractivity (Wildman–Crippen MR) is 76.2 cm³/mol. The fourth-order valence-electron chi connectivity index (χ4n) is 1.78. The number of nitrogens with two attached hydrogens (primary N) is 1. The average Bonchev–Trinajstić information content (AvgIpc) is 2.41. The van der Waals surface area contributed by atoms with E-state index in [1.807, 2.05) is 0 Å². The van der Waals surface area contributed by atoms with E-state index in [9.17, 15) is 17.2 Å². The first-order valence-electron chi connectivity index (χ1n) is 6.13. The molecule has 112 valence electrons. The Morgan fingerprint density at radius 1 is 1.14 bits per heavy atom. The lowest BCUT2D eigenvalue weighted by Gasteiger charge is -2.11. The van der Waals surface area contributed by atoms with Gasteiger partial charge in [0.25, 0.3) is 10.0 Å². The van der Waals surface area contributed by atoms with Crippen molar-refractivity contribution < 1.29 is 17.2 Å². The Kier molecular flexibility index (Phi) is 4.24. The largest absolute Gasteiger partial charge is 0.324 e. The fraction of sp³-hybridized carbons (Fsp3) is 0.143. The van der Waals surface area contributed by atoms with Gasteiger partial charge in [0, 0.05) is 11.7 Å². The molecule has 0 aliphatic carbocycles. The molecule has 2 rings (SSSR count). The van der Waals surface area contributed by atoms with E-state index < -0.39 is 26.6 Å². The van der Waals surface area contributed by atoms with Crippen LogP contribution in [0.2, 0.25) is 0 Å². The normalized spacial score (nSPS) is 13.0. The van der Waals surface area contributed by atoms with Crippen molar-refractivity contribution in [2.45, 2.75) is 17.9 Å². The molecule has 3 N–H and O–H groups in total. The number of halogens is 2. The van der Waals surface area contributed by atoms with E-state index in [-0.39, 0.29) is 11.7 Å². The summed E-state index contributed by atoms with van der Waals surface area (Å²) >= 11 is 0. The van der Waals surface area contributed by atoms with Crippen molar-refractivity contribution >= 4 is 15.7 Å². The maximum atomic E-state index is 13.6. The number of hydrogen-bond donors (Lipinski definition) is 2. The molecule has 7 heteroatoms. The van der Waals surface area contributed by atoms with Crippen molar-refractivity contribution in [1.29, 1.82) is 0 Å². The van der Waals surface area contributed by atoms with Crippen LogP contribution in [0.4, 0.5) is 14.5 Å². The van der Waals surface area contributed by atoms with Crippen molar-refractivity contribution in [3.05, 3.63) is 59.7 Å². The molecule has 4 nitrogen and oxygen atoms in total. The predicted octanol–water partition coefficient (Wildman–Crippen LogP) is 2.79. The molecule has 0 saturated heterocycles. The summed E-state index contributed by atoms with van der Waals surface area (Å²) < 4.78 is 53.1. The van der Waals surface area contributed by atoms with Crippen LogP contribution in [-0.2, 0) is 10.0 Å². The number of hydrogen-bond acceptors (Lipinski definition) is 3. The Balaban J connectivity index is 2.37. The highest BCUT2D eigenvalue weighted by molar-refractivity contribution is 7.92. The topological polar surface area (TPSA) is 72.2 Å². The summed E-state index contributed by atoms with van der Waals surface area (Å²) in [6.45, 7) is 1.75. The average molecular weight is 312 g/mol. The van der Waals surface area contributed by atoms with Crippen molar-refractivity contribution in [2.75, 3.05) is 4.72 Å². The second-order valence-corrected chi connectivity index (χ2v) is 6.25. The van der Waals surface area contributed by atoms with Gasteiger partial charge in [0.1, 0.15) is 16.5 Å². The first-order chi connectivity index (χ1) is 9.79. The van der Waals surface area contributed by atoms with Gasteiger partial charge in [0.2, 0.25) is 0 Å². The zero-order chi connectivity index (χ0) is 15.6. The minimum absolute atomic E-state index is 0.230. The Bertz CT molecular complexity index is 761. The highest BCUT2D eigenvalue weighted by Gasteiger charge is 2.20. The van der Waals surface area contributed by atoms with E-state index in [0.717, 1.165) is 17.7 Å². The number of benzene rings is 2. The molecule has 0 fully saturated rings. The van der Waals surface area contributed by atoms with Gasteiger partial charge in [-0.25, -0.2) is 17.2 Å². The number of nitrogens with one attached hydrogen (secondary N) is 1. The highest BCUT2D eigenvalue weighted by Crippen LogP contribution is 2.21. The van der Waals surface area contributed by atoms with Gasteiger partial charge in [-0.3, -0.25) is 4.72 Å². The molecule has 2 aromatic rings. The summed E-state index contributed by atoms with van der Waals surface area (Å²) in [7, 11) is -4.21. The molecule has 0 heterocycles. The van der Waals surface area contributed by atoms with Gasteiger partial charge in [-0.15, -0.1) is 0 Å². The minimum Gasteiger partial charge on any atom is -0.324 e. The molecular formula is C14H14F2N2O2S. The van der Waals surface area contributed by atoms with Crippen LogP contribution < -0.4 is 10.5 Å². The van der Waals surface area contributed by atoms with Crippen LogP contribution in [0.5, 0.6) is 0 Å². The number of anilines is 1. The molecule has 21 heavy (non-hydrogen) atoms. The molecule has 0 amide bonds. The van der Waals surface area contributed by atoms with Crippen LogP contribution >= 0.6 is 0 Å². The van der Waals surface area contributed by atoms with Gasteiger partial charge in [-0.05, 0) is 42.8 Å². The number of sulfonamides is 1. The molecule has 0 bridgehead atoms. The zero-order valence-electron chi connectivity index (χ0n) is 11.2. The maximum Gasteiger partial charge on any atom is 0.264 e. The lowest BCUT2D eigenvalue weighted by molar-refractivity contribution is 0.555. The molecule has 1 unspecified atom stereocenters. The van der Waals surface area contributed by atoms with E-state index >= 15 is 0 Å². The monoisotopic (exact) mass is 312 g/mol. The summed E-state index contributed by atoms with van der Waals surface area (Å²) in [4.78, 5) is -0.742. The first kappa shape index (κ1) is 15.4. The Morgan fingerprint density at radius 3 is 2.52 bits per heavy atom. The van der Waals surface area contributed by atoms with Gasteiger partial charge in [0.05, 0.1) is 0 Å². The van der Waals surface area contributed by atoms with E-state index in [1.165, 1.54) is 6.07 Å². The van der Waals surface area contributed by atoms with E-state index in [4.69, 9.17) is 5.73 Å². The fourth-order valence-corrected chi connectivity index (χ4v) is 2.92. The third kappa shape index (κ3) is 3.56. The van der Waals surface area contributed by atoms with Crippen molar-refractivity contribution in [3.8, 4) is 0 Å². The summed E-state index contributed by atoms with van der Waals surface area (Å²) in [6, 6.07) is 8.38. The van der Waals surface area contributed by atoms with Gasteiger partial charge in [-0.1, -0.05) is 12.1 Å². The minimum atomic E-state index is -4.21. The molecule has 0 aliphatic heterocycles. The molecule has 1 atom stereocenters. The third-order valence-electron chi connectivity index (χ3n) is 2.85. The van der Waals surface area contributed by atoms with E-state index in [2.05, 4.69) is 4.72 Å². The number of rotatable bonds is 4. The van der Waals surface area contributed by atoms with E-state index in [1.54, 1.807) is 25.1 Å². The van der Waals surface area contributed by atoms with E-state index in [0.29, 0.717) is 6.07 Å². The van der Waals surface area contributed by atoms with Crippen LogP contribution in [0, 0.1) is 11.6 Å². The first-order valence-corrected chi connectivity index (χ1v) is 7.61. The summed E-state index contributed by atoms with van der Waals surface area (Å²) in [5.74, 6) is -1.85. The molecule has 0 aliphatic rings. The maximum absolute atomic E-state index is 13.6.